The number of benzene rings is 1. The summed E-state index contributed by atoms with van der Waals surface area (Å²) in [6.45, 7) is 5.39. The van der Waals surface area contributed by atoms with Crippen molar-refractivity contribution >= 4 is 22.7 Å². The fourth-order valence-corrected chi connectivity index (χ4v) is 3.05. The molecule has 1 unspecified atom stereocenters. The number of aryl methyl sites for hydroxylation is 1. The van der Waals surface area contributed by atoms with Gasteiger partial charge in [0, 0.05) is 24.3 Å². The molecule has 0 bridgehead atoms. The van der Waals surface area contributed by atoms with Gasteiger partial charge in [-0.15, -0.1) is 0 Å². The lowest BCUT2D eigenvalue weighted by Crippen LogP contribution is -2.17. The minimum Gasteiger partial charge on any atom is -0.347 e. The molecule has 1 aromatic carbocycles. The summed E-state index contributed by atoms with van der Waals surface area (Å²) in [6.07, 6.45) is 4.40. The highest BCUT2D eigenvalue weighted by Crippen LogP contribution is 2.19. The third-order valence-electron chi connectivity index (χ3n) is 3.28. The van der Waals surface area contributed by atoms with Crippen LogP contribution in [0.4, 0.5) is 0 Å². The number of hydrogen-bond acceptors (Lipinski definition) is 2. The van der Waals surface area contributed by atoms with Crippen molar-refractivity contribution in [2.75, 3.05) is 11.5 Å². The smallest absolute Gasteiger partial charge is 0.0480 e. The van der Waals surface area contributed by atoms with Gasteiger partial charge in [-0.05, 0) is 60.4 Å². The zero-order chi connectivity index (χ0) is 13.7. The lowest BCUT2D eigenvalue weighted by molar-refractivity contribution is 0.709. The first-order valence-corrected chi connectivity index (χ1v) is 8.27. The predicted molar refractivity (Wildman–Crippen MR) is 86.9 cm³/mol. The van der Waals surface area contributed by atoms with Crippen LogP contribution in [0, 0.1) is 0 Å². The van der Waals surface area contributed by atoms with Gasteiger partial charge < -0.3 is 10.3 Å². The van der Waals surface area contributed by atoms with Crippen LogP contribution < -0.4 is 5.73 Å². The van der Waals surface area contributed by atoms with E-state index < -0.39 is 0 Å². The first-order valence-electron chi connectivity index (χ1n) is 7.12. The Bertz CT molecular complexity index is 516. The van der Waals surface area contributed by atoms with E-state index in [4.69, 9.17) is 5.73 Å². The molecule has 0 amide bonds. The largest absolute Gasteiger partial charge is 0.347 e. The van der Waals surface area contributed by atoms with Crippen molar-refractivity contribution < 1.29 is 0 Å². The molecule has 0 aliphatic heterocycles. The van der Waals surface area contributed by atoms with Gasteiger partial charge in [-0.3, -0.25) is 0 Å². The molecule has 0 fully saturated rings. The van der Waals surface area contributed by atoms with E-state index in [0.29, 0.717) is 0 Å². The molecule has 0 spiro atoms. The molecule has 2 rings (SSSR count). The molecule has 2 aromatic rings. The SMILES string of the molecule is CCSCCCn1ccc2cc(CC(C)N)ccc21. The number of hydrogen-bond donors (Lipinski definition) is 1. The molecule has 1 aromatic heterocycles. The fraction of sp³-hybridized carbons (Fsp3) is 0.500. The highest BCUT2D eigenvalue weighted by atomic mass is 32.2. The average molecular weight is 276 g/mol. The van der Waals surface area contributed by atoms with Crippen LogP contribution in [0.1, 0.15) is 25.8 Å². The van der Waals surface area contributed by atoms with E-state index in [0.717, 1.165) is 13.0 Å². The van der Waals surface area contributed by atoms with E-state index in [1.54, 1.807) is 0 Å². The first-order chi connectivity index (χ1) is 9.20. The van der Waals surface area contributed by atoms with Gasteiger partial charge in [-0.2, -0.15) is 11.8 Å². The number of aromatic nitrogens is 1. The van der Waals surface area contributed by atoms with E-state index in [1.165, 1.54) is 34.4 Å². The molecule has 0 aliphatic rings. The summed E-state index contributed by atoms with van der Waals surface area (Å²) in [5.74, 6) is 2.46. The van der Waals surface area contributed by atoms with Crippen LogP contribution in [0.2, 0.25) is 0 Å². The molecule has 104 valence electrons. The molecular formula is C16H24N2S. The monoisotopic (exact) mass is 276 g/mol. The van der Waals surface area contributed by atoms with Gasteiger partial charge in [0.05, 0.1) is 0 Å². The van der Waals surface area contributed by atoms with Crippen molar-refractivity contribution in [1.29, 1.82) is 0 Å². The number of nitrogens with two attached hydrogens (primary N) is 1. The van der Waals surface area contributed by atoms with Crippen LogP contribution in [0.25, 0.3) is 10.9 Å². The van der Waals surface area contributed by atoms with Gasteiger partial charge in [0.2, 0.25) is 0 Å². The third-order valence-corrected chi connectivity index (χ3v) is 4.27. The van der Waals surface area contributed by atoms with E-state index in [2.05, 4.69) is 48.9 Å². The normalized spacial score (nSPS) is 13.0. The molecule has 0 aliphatic carbocycles. The fourth-order valence-electron chi connectivity index (χ4n) is 2.42. The second-order valence-corrected chi connectivity index (χ2v) is 6.53. The number of thioether (sulfide) groups is 1. The lowest BCUT2D eigenvalue weighted by Gasteiger charge is -2.07. The Morgan fingerprint density at radius 3 is 2.89 bits per heavy atom. The molecular weight excluding hydrogens is 252 g/mol. The van der Waals surface area contributed by atoms with Crippen LogP contribution in [0.15, 0.2) is 30.5 Å². The van der Waals surface area contributed by atoms with Crippen LogP contribution in [-0.4, -0.2) is 22.1 Å². The van der Waals surface area contributed by atoms with Crippen molar-refractivity contribution in [3.63, 3.8) is 0 Å². The van der Waals surface area contributed by atoms with E-state index in [-0.39, 0.29) is 6.04 Å². The first kappa shape index (κ1) is 14.5. The molecule has 3 heteroatoms. The summed E-state index contributed by atoms with van der Waals surface area (Å²) < 4.78 is 2.36. The van der Waals surface area contributed by atoms with Crippen LogP contribution in [0.3, 0.4) is 0 Å². The van der Waals surface area contributed by atoms with Crippen molar-refractivity contribution in [3.05, 3.63) is 36.0 Å². The third kappa shape index (κ3) is 4.02. The molecule has 2 nitrogen and oxygen atoms in total. The maximum absolute atomic E-state index is 5.86. The van der Waals surface area contributed by atoms with Gasteiger partial charge in [0.15, 0.2) is 0 Å². The quantitative estimate of drug-likeness (QED) is 0.782. The van der Waals surface area contributed by atoms with Crippen molar-refractivity contribution in [3.8, 4) is 0 Å². The van der Waals surface area contributed by atoms with E-state index >= 15 is 0 Å². The van der Waals surface area contributed by atoms with Gasteiger partial charge >= 0.3 is 0 Å². The minimum absolute atomic E-state index is 0.227. The topological polar surface area (TPSA) is 30.9 Å². The van der Waals surface area contributed by atoms with Gasteiger partial charge in [0.1, 0.15) is 0 Å². The van der Waals surface area contributed by atoms with Crippen LogP contribution >= 0.6 is 11.8 Å². The van der Waals surface area contributed by atoms with Crippen molar-refractivity contribution in [2.24, 2.45) is 5.73 Å². The maximum atomic E-state index is 5.86. The molecule has 2 N–H and O–H groups in total. The summed E-state index contributed by atoms with van der Waals surface area (Å²) in [4.78, 5) is 0. The average Bonchev–Trinajstić information content (AvgIpc) is 2.76. The molecule has 0 radical (unpaired) electrons. The second-order valence-electron chi connectivity index (χ2n) is 5.13. The predicted octanol–water partition coefficient (Wildman–Crippen LogP) is 3.67. The van der Waals surface area contributed by atoms with Gasteiger partial charge in [-0.1, -0.05) is 13.0 Å². The molecule has 1 atom stereocenters. The zero-order valence-corrected chi connectivity index (χ0v) is 12.7. The van der Waals surface area contributed by atoms with Gasteiger partial charge in [-0.25, -0.2) is 0 Å². The van der Waals surface area contributed by atoms with Gasteiger partial charge in [0.25, 0.3) is 0 Å². The summed E-state index contributed by atoms with van der Waals surface area (Å²) in [5.41, 5.74) is 8.54. The van der Waals surface area contributed by atoms with Crippen molar-refractivity contribution in [1.82, 2.24) is 4.57 Å². The zero-order valence-electron chi connectivity index (χ0n) is 11.9. The van der Waals surface area contributed by atoms with E-state index in [1.807, 2.05) is 11.8 Å². The Balaban J connectivity index is 2.06. The Kier molecular flexibility index (Phi) is 5.34. The second kappa shape index (κ2) is 7.01. The molecule has 0 saturated carbocycles. The van der Waals surface area contributed by atoms with Crippen molar-refractivity contribution in [2.45, 2.75) is 39.3 Å². The number of nitrogens with zero attached hydrogens (tertiary/aromatic N) is 1. The maximum Gasteiger partial charge on any atom is 0.0480 e. The highest BCUT2D eigenvalue weighted by molar-refractivity contribution is 7.99. The highest BCUT2D eigenvalue weighted by Gasteiger charge is 2.03. The molecule has 1 heterocycles. The molecule has 0 saturated heterocycles. The molecule has 19 heavy (non-hydrogen) atoms. The Hall–Kier alpha value is -0.930. The summed E-state index contributed by atoms with van der Waals surface area (Å²) >= 11 is 2.02. The number of rotatable bonds is 7. The summed E-state index contributed by atoms with van der Waals surface area (Å²) in [7, 11) is 0. The van der Waals surface area contributed by atoms with E-state index in [9.17, 15) is 0 Å². The standard InChI is InChI=1S/C16H24N2S/c1-3-19-10-4-8-18-9-7-15-12-14(11-13(2)17)5-6-16(15)18/h5-7,9,12-13H,3-4,8,10-11,17H2,1-2H3. The number of fused-ring (bicyclic) bond motifs is 1. The Morgan fingerprint density at radius 2 is 2.16 bits per heavy atom. The summed E-state index contributed by atoms with van der Waals surface area (Å²) in [5, 5.41) is 1.33. The minimum atomic E-state index is 0.227. The van der Waals surface area contributed by atoms with Crippen LogP contribution in [0.5, 0.6) is 0 Å². The lowest BCUT2D eigenvalue weighted by atomic mass is 10.1. The summed E-state index contributed by atoms with van der Waals surface area (Å²) in [6, 6.07) is 9.16. The van der Waals surface area contributed by atoms with Crippen LogP contribution in [-0.2, 0) is 13.0 Å². The Labute approximate surface area is 120 Å². The Morgan fingerprint density at radius 1 is 1.32 bits per heavy atom.